The number of ketones is 1. The molecule has 1 aromatic heterocycles. The van der Waals surface area contributed by atoms with Crippen molar-refractivity contribution in [1.82, 2.24) is 15.5 Å². The summed E-state index contributed by atoms with van der Waals surface area (Å²) in [5.74, 6) is -0.810. The minimum absolute atomic E-state index is 0.0758. The molecule has 0 spiro atoms. The maximum absolute atomic E-state index is 12.8. The second-order valence-electron chi connectivity index (χ2n) is 7.56. The Kier molecular flexibility index (Phi) is 6.81. The van der Waals surface area contributed by atoms with E-state index in [1.165, 1.54) is 0 Å². The number of nitrogens with one attached hydrogen (secondary N) is 3. The number of carbonyl (C=O) groups excluding carboxylic acids is 1. The molecule has 0 saturated carbocycles. The van der Waals surface area contributed by atoms with Gasteiger partial charge in [0.2, 0.25) is 0 Å². The number of anilines is 1. The Bertz CT molecular complexity index is 1290. The highest BCUT2D eigenvalue weighted by atomic mass is 35.5. The smallest absolute Gasteiger partial charge is 0.475 e. The zero-order chi connectivity index (χ0) is 25.2. The van der Waals surface area contributed by atoms with Crippen LogP contribution in [0.2, 0.25) is 5.02 Å². The quantitative estimate of drug-likeness (QED) is 0.414. The Balaban J connectivity index is 0.000000364. The van der Waals surface area contributed by atoms with Crippen LogP contribution in [0.1, 0.15) is 17.0 Å². The molecule has 0 bridgehead atoms. The van der Waals surface area contributed by atoms with Crippen LogP contribution >= 0.6 is 11.6 Å². The molecule has 1 atom stereocenters. The van der Waals surface area contributed by atoms with Crippen LogP contribution in [0.15, 0.2) is 66.0 Å². The van der Waals surface area contributed by atoms with E-state index in [-0.39, 0.29) is 11.7 Å². The van der Waals surface area contributed by atoms with Crippen molar-refractivity contribution >= 4 is 29.2 Å². The highest BCUT2D eigenvalue weighted by Gasteiger charge is 2.38. The fraction of sp³-hybridized carbons (Fsp3) is 0.174. The first-order valence-corrected chi connectivity index (χ1v) is 10.6. The maximum atomic E-state index is 12.8. The van der Waals surface area contributed by atoms with Gasteiger partial charge in [0.1, 0.15) is 11.5 Å². The highest BCUT2D eigenvalue weighted by molar-refractivity contribution is 6.30. The summed E-state index contributed by atoms with van der Waals surface area (Å²) in [5, 5.41) is 21.4. The summed E-state index contributed by atoms with van der Waals surface area (Å²) in [6.07, 6.45) is -3.24. The van der Waals surface area contributed by atoms with Crippen LogP contribution in [0.4, 0.5) is 19.0 Å². The summed E-state index contributed by atoms with van der Waals surface area (Å²) in [5.41, 5.74) is 3.48. The van der Waals surface area contributed by atoms with Gasteiger partial charge in [-0.2, -0.15) is 18.3 Å². The average Bonchev–Trinajstić information content (AvgIpc) is 3.28. The number of H-pyrrole nitrogens is 1. The van der Waals surface area contributed by atoms with Crippen LogP contribution in [-0.2, 0) is 9.59 Å². The van der Waals surface area contributed by atoms with Crippen molar-refractivity contribution in [2.75, 3.05) is 18.4 Å². The molecule has 0 aliphatic carbocycles. The van der Waals surface area contributed by atoms with E-state index < -0.39 is 12.1 Å². The number of fused-ring (bicyclic) bond motifs is 1. The summed E-state index contributed by atoms with van der Waals surface area (Å²) < 4.78 is 37.9. The predicted molar refractivity (Wildman–Crippen MR) is 121 cm³/mol. The zero-order valence-corrected chi connectivity index (χ0v) is 18.6. The van der Waals surface area contributed by atoms with Gasteiger partial charge in [-0.1, -0.05) is 29.8 Å². The SMILES string of the molecule is O=C(O)C(F)(F)F.O=C1CNCC2=C1C(c1ccccc1Oc1ccc(Cl)cc1)c1c[nH]nc1N2. The first-order chi connectivity index (χ1) is 16.6. The van der Waals surface area contributed by atoms with Gasteiger partial charge >= 0.3 is 12.1 Å². The normalized spacial score (nSPS) is 16.9. The molecule has 0 saturated heterocycles. The van der Waals surface area contributed by atoms with Crippen molar-refractivity contribution < 1.29 is 32.6 Å². The molecular formula is C23H18ClF3N4O4. The molecule has 0 amide bonds. The third kappa shape index (κ3) is 5.31. The summed E-state index contributed by atoms with van der Waals surface area (Å²) in [6, 6.07) is 15.0. The Morgan fingerprint density at radius 2 is 1.77 bits per heavy atom. The molecule has 4 N–H and O–H groups in total. The molecule has 3 heterocycles. The van der Waals surface area contributed by atoms with E-state index in [9.17, 15) is 18.0 Å². The summed E-state index contributed by atoms with van der Waals surface area (Å²) >= 11 is 5.98. The van der Waals surface area contributed by atoms with Crippen molar-refractivity contribution in [3.63, 3.8) is 0 Å². The van der Waals surface area contributed by atoms with E-state index in [2.05, 4.69) is 20.8 Å². The number of para-hydroxylation sites is 1. The molecule has 0 radical (unpaired) electrons. The number of ether oxygens (including phenoxy) is 1. The monoisotopic (exact) mass is 506 g/mol. The molecule has 35 heavy (non-hydrogen) atoms. The number of alkyl halides is 3. The molecule has 182 valence electrons. The first kappa shape index (κ1) is 24.3. The van der Waals surface area contributed by atoms with Crippen LogP contribution in [-0.4, -0.2) is 46.3 Å². The number of carbonyl (C=O) groups is 2. The number of aliphatic carboxylic acids is 1. The third-order valence-corrected chi connectivity index (χ3v) is 5.52. The number of carboxylic acids is 1. The minimum Gasteiger partial charge on any atom is -0.475 e. The van der Waals surface area contributed by atoms with Crippen molar-refractivity contribution in [3.8, 4) is 11.5 Å². The maximum Gasteiger partial charge on any atom is 0.490 e. The van der Waals surface area contributed by atoms with E-state index >= 15 is 0 Å². The van der Waals surface area contributed by atoms with Gasteiger partial charge < -0.3 is 20.5 Å². The van der Waals surface area contributed by atoms with Gasteiger partial charge in [-0.25, -0.2) is 4.79 Å². The van der Waals surface area contributed by atoms with Crippen molar-refractivity contribution in [1.29, 1.82) is 0 Å². The van der Waals surface area contributed by atoms with Crippen molar-refractivity contribution in [3.05, 3.63) is 82.1 Å². The number of Topliss-reactive ketones (excluding diaryl/α,β-unsaturated/α-hetero) is 1. The number of hydrogen-bond donors (Lipinski definition) is 4. The standard InChI is InChI=1S/C21H17ClN4O2.C2HF3O2/c22-12-5-7-13(8-6-12)28-18-4-2-1-3-14(18)19-15-9-24-26-21(15)25-16-10-23-11-17(27)20(16)19;3-2(4,5)1(6)7/h1-9,19,23H,10-11H2,(H2,24,25,26);(H,6,7). The Labute approximate surface area is 201 Å². The second kappa shape index (κ2) is 9.80. The Hall–Kier alpha value is -3.83. The molecule has 3 aromatic rings. The number of aromatic amines is 1. The van der Waals surface area contributed by atoms with Crippen LogP contribution in [0.3, 0.4) is 0 Å². The zero-order valence-electron chi connectivity index (χ0n) is 17.8. The molecule has 2 aliphatic rings. The second-order valence-corrected chi connectivity index (χ2v) is 8.00. The van der Waals surface area contributed by atoms with Gasteiger partial charge in [-0.15, -0.1) is 0 Å². The molecule has 12 heteroatoms. The molecule has 1 unspecified atom stereocenters. The molecule has 2 aliphatic heterocycles. The number of aromatic nitrogens is 2. The summed E-state index contributed by atoms with van der Waals surface area (Å²) in [7, 11) is 0. The third-order valence-electron chi connectivity index (χ3n) is 5.27. The van der Waals surface area contributed by atoms with Crippen LogP contribution in [0.5, 0.6) is 11.5 Å². The Morgan fingerprint density at radius 3 is 2.46 bits per heavy atom. The molecule has 8 nitrogen and oxygen atoms in total. The van der Waals surface area contributed by atoms with Crippen molar-refractivity contribution in [2.45, 2.75) is 12.1 Å². The number of benzene rings is 2. The van der Waals surface area contributed by atoms with Gasteiger partial charge in [0.05, 0.1) is 6.54 Å². The highest BCUT2D eigenvalue weighted by Crippen LogP contribution is 2.45. The lowest BCUT2D eigenvalue weighted by molar-refractivity contribution is -0.192. The lowest BCUT2D eigenvalue weighted by atomic mass is 9.79. The van der Waals surface area contributed by atoms with E-state index in [1.807, 2.05) is 42.6 Å². The lowest BCUT2D eigenvalue weighted by Gasteiger charge is -2.32. The van der Waals surface area contributed by atoms with Gasteiger partial charge in [-0.05, 0) is 30.3 Å². The predicted octanol–water partition coefficient (Wildman–Crippen LogP) is 4.47. The molecule has 0 fully saturated rings. The number of halogens is 4. The number of hydrogen-bond acceptors (Lipinski definition) is 6. The topological polar surface area (TPSA) is 116 Å². The molecular weight excluding hydrogens is 489 g/mol. The van der Waals surface area contributed by atoms with Crippen LogP contribution in [0.25, 0.3) is 0 Å². The number of nitrogens with zero attached hydrogens (tertiary/aromatic N) is 1. The van der Waals surface area contributed by atoms with E-state index in [1.54, 1.807) is 12.1 Å². The van der Waals surface area contributed by atoms with E-state index in [0.29, 0.717) is 29.6 Å². The van der Waals surface area contributed by atoms with Crippen molar-refractivity contribution in [2.24, 2.45) is 0 Å². The molecule has 2 aromatic carbocycles. The lowest BCUT2D eigenvalue weighted by Crippen LogP contribution is -2.39. The van der Waals surface area contributed by atoms with Crippen LogP contribution in [0, 0.1) is 0 Å². The summed E-state index contributed by atoms with van der Waals surface area (Å²) in [6.45, 7) is 0.925. The minimum atomic E-state index is -5.08. The average molecular weight is 507 g/mol. The Morgan fingerprint density at radius 1 is 1.09 bits per heavy atom. The largest absolute Gasteiger partial charge is 0.490 e. The van der Waals surface area contributed by atoms with Gasteiger partial charge in [-0.3, -0.25) is 9.89 Å². The van der Waals surface area contributed by atoms with E-state index in [0.717, 1.165) is 28.2 Å². The van der Waals surface area contributed by atoms with Crippen LogP contribution < -0.4 is 15.4 Å². The number of carboxylic acid groups (broad SMARTS) is 1. The number of rotatable bonds is 3. The molecule has 5 rings (SSSR count). The summed E-state index contributed by atoms with van der Waals surface area (Å²) in [4.78, 5) is 21.7. The van der Waals surface area contributed by atoms with E-state index in [4.69, 9.17) is 26.2 Å². The van der Waals surface area contributed by atoms with Gasteiger partial charge in [0.25, 0.3) is 0 Å². The first-order valence-electron chi connectivity index (χ1n) is 10.2. The van der Waals surface area contributed by atoms with Gasteiger partial charge in [0, 0.05) is 46.1 Å². The van der Waals surface area contributed by atoms with Gasteiger partial charge in [0.15, 0.2) is 11.6 Å². The fourth-order valence-electron chi connectivity index (χ4n) is 3.79. The fourth-order valence-corrected chi connectivity index (χ4v) is 3.91.